The monoisotopic (exact) mass is 346 g/mol. The van der Waals surface area contributed by atoms with Crippen molar-refractivity contribution >= 4 is 11.6 Å². The highest BCUT2D eigenvalue weighted by atomic mass is 16.2. The fourth-order valence-electron chi connectivity index (χ4n) is 2.82. The molecular weight excluding hydrogens is 328 g/mol. The zero-order chi connectivity index (χ0) is 18.1. The molecule has 3 aromatic heterocycles. The third-order valence-electron chi connectivity index (χ3n) is 4.26. The minimum atomic E-state index is -0.195. The van der Waals surface area contributed by atoms with Crippen LogP contribution in [0.25, 0.3) is 11.3 Å². The smallest absolute Gasteiger partial charge is 0.271 e. The first-order chi connectivity index (χ1) is 12.6. The lowest BCUT2D eigenvalue weighted by atomic mass is 10.1. The Balaban J connectivity index is 1.49. The van der Waals surface area contributed by atoms with Crippen LogP contribution in [0.15, 0.2) is 61.4 Å². The molecule has 1 atom stereocenters. The predicted molar refractivity (Wildman–Crippen MR) is 97.2 cm³/mol. The molecule has 0 saturated heterocycles. The molecule has 7 nitrogen and oxygen atoms in total. The van der Waals surface area contributed by atoms with E-state index in [1.807, 2.05) is 60.8 Å². The van der Waals surface area contributed by atoms with Crippen LogP contribution in [0.1, 0.15) is 34.6 Å². The van der Waals surface area contributed by atoms with Gasteiger partial charge in [-0.1, -0.05) is 18.2 Å². The van der Waals surface area contributed by atoms with Gasteiger partial charge in [0, 0.05) is 12.4 Å². The van der Waals surface area contributed by atoms with Gasteiger partial charge in [-0.2, -0.15) is 5.10 Å². The summed E-state index contributed by atoms with van der Waals surface area (Å²) in [5, 5.41) is 7.09. The van der Waals surface area contributed by atoms with E-state index in [0.29, 0.717) is 5.69 Å². The van der Waals surface area contributed by atoms with Crippen molar-refractivity contribution in [3.8, 4) is 5.69 Å². The van der Waals surface area contributed by atoms with Gasteiger partial charge in [0.15, 0.2) is 0 Å². The number of fused-ring (bicyclic) bond motifs is 1. The first-order valence-corrected chi connectivity index (χ1v) is 8.31. The van der Waals surface area contributed by atoms with Crippen LogP contribution in [0.5, 0.6) is 0 Å². The third-order valence-corrected chi connectivity index (χ3v) is 4.26. The summed E-state index contributed by atoms with van der Waals surface area (Å²) in [4.78, 5) is 20.8. The van der Waals surface area contributed by atoms with Gasteiger partial charge in [0.1, 0.15) is 24.0 Å². The van der Waals surface area contributed by atoms with Crippen LogP contribution in [0.3, 0.4) is 0 Å². The number of imidazole rings is 1. The van der Waals surface area contributed by atoms with Gasteiger partial charge < -0.3 is 9.72 Å². The number of carbonyl (C=O) groups is 1. The first-order valence-electron chi connectivity index (χ1n) is 8.31. The van der Waals surface area contributed by atoms with Crippen molar-refractivity contribution < 1.29 is 4.79 Å². The molecule has 1 N–H and O–H groups in total. The van der Waals surface area contributed by atoms with E-state index in [0.717, 1.165) is 22.5 Å². The van der Waals surface area contributed by atoms with Gasteiger partial charge in [0.05, 0.1) is 11.7 Å². The first kappa shape index (κ1) is 16.0. The molecule has 1 amide bonds. The summed E-state index contributed by atoms with van der Waals surface area (Å²) in [5.74, 6) is -0.195. The van der Waals surface area contributed by atoms with Gasteiger partial charge in [-0.3, -0.25) is 4.79 Å². The Morgan fingerprint density at radius 3 is 2.65 bits per heavy atom. The molecule has 0 bridgehead atoms. The lowest BCUT2D eigenvalue weighted by Crippen LogP contribution is -2.26. The van der Waals surface area contributed by atoms with Crippen LogP contribution in [-0.2, 0) is 0 Å². The topological polar surface area (TPSA) is 77.1 Å². The Kier molecular flexibility index (Phi) is 3.96. The van der Waals surface area contributed by atoms with Gasteiger partial charge in [-0.15, -0.1) is 0 Å². The maximum Gasteiger partial charge on any atom is 0.271 e. The van der Waals surface area contributed by atoms with Gasteiger partial charge >= 0.3 is 0 Å². The number of nitrogens with zero attached hydrogens (tertiary/aromatic N) is 5. The van der Waals surface area contributed by atoms with E-state index < -0.39 is 0 Å². The molecule has 3 heterocycles. The number of pyridine rings is 1. The van der Waals surface area contributed by atoms with E-state index in [9.17, 15) is 4.79 Å². The number of amides is 1. The summed E-state index contributed by atoms with van der Waals surface area (Å²) >= 11 is 0. The number of aromatic nitrogens is 5. The lowest BCUT2D eigenvalue weighted by Gasteiger charge is -2.14. The second kappa shape index (κ2) is 6.44. The summed E-state index contributed by atoms with van der Waals surface area (Å²) in [7, 11) is 0. The predicted octanol–water partition coefficient (Wildman–Crippen LogP) is 2.71. The lowest BCUT2D eigenvalue weighted by molar-refractivity contribution is 0.0935. The van der Waals surface area contributed by atoms with Crippen LogP contribution < -0.4 is 5.32 Å². The molecule has 4 rings (SSSR count). The molecule has 0 radical (unpaired) electrons. The zero-order valence-corrected chi connectivity index (χ0v) is 14.5. The molecule has 7 heteroatoms. The maximum atomic E-state index is 12.5. The van der Waals surface area contributed by atoms with Gasteiger partial charge in [0.25, 0.3) is 5.91 Å². The summed E-state index contributed by atoms with van der Waals surface area (Å²) in [6.07, 6.45) is 6.84. The van der Waals surface area contributed by atoms with Crippen molar-refractivity contribution in [2.24, 2.45) is 0 Å². The fraction of sp³-hybridized carbons (Fsp3) is 0.158. The number of aryl methyl sites for hydroxylation is 1. The van der Waals surface area contributed by atoms with Crippen LogP contribution in [0, 0.1) is 6.92 Å². The summed E-state index contributed by atoms with van der Waals surface area (Å²) in [5.41, 5.74) is 4.19. The van der Waals surface area contributed by atoms with E-state index in [4.69, 9.17) is 0 Å². The second-order valence-electron chi connectivity index (χ2n) is 6.22. The molecule has 1 aromatic carbocycles. The number of rotatable bonds is 4. The van der Waals surface area contributed by atoms with Crippen molar-refractivity contribution in [1.29, 1.82) is 0 Å². The highest BCUT2D eigenvalue weighted by Crippen LogP contribution is 2.16. The average Bonchev–Trinajstić information content (AvgIpc) is 3.31. The quantitative estimate of drug-likeness (QED) is 0.616. The number of carbonyl (C=O) groups excluding carboxylic acids is 1. The molecule has 0 fully saturated rings. The molecule has 0 aliphatic carbocycles. The summed E-state index contributed by atoms with van der Waals surface area (Å²) in [6.45, 7) is 3.95. The van der Waals surface area contributed by atoms with E-state index >= 15 is 0 Å². The molecular formula is C19H18N6O. The normalized spacial score (nSPS) is 12.2. The van der Waals surface area contributed by atoms with Crippen LogP contribution in [-0.4, -0.2) is 30.1 Å². The van der Waals surface area contributed by atoms with Crippen LogP contribution in [0.2, 0.25) is 0 Å². The number of hydrogen-bond acceptors (Lipinski definition) is 4. The van der Waals surface area contributed by atoms with Crippen LogP contribution in [0.4, 0.5) is 0 Å². The molecule has 0 aliphatic heterocycles. The Morgan fingerprint density at radius 1 is 1.12 bits per heavy atom. The van der Waals surface area contributed by atoms with Crippen molar-refractivity contribution in [2.45, 2.75) is 19.9 Å². The number of hydrogen-bond donors (Lipinski definition) is 1. The fourth-order valence-corrected chi connectivity index (χ4v) is 2.82. The number of nitrogens with one attached hydrogen (secondary N) is 1. The van der Waals surface area contributed by atoms with E-state index in [1.54, 1.807) is 17.2 Å². The van der Waals surface area contributed by atoms with Gasteiger partial charge in [-0.05, 0) is 43.2 Å². The molecule has 0 aliphatic rings. The summed E-state index contributed by atoms with van der Waals surface area (Å²) in [6, 6.07) is 11.6. The largest absolute Gasteiger partial charge is 0.344 e. The molecule has 0 spiro atoms. The zero-order valence-electron chi connectivity index (χ0n) is 14.5. The molecule has 4 aromatic rings. The Bertz CT molecular complexity index is 1050. The third kappa shape index (κ3) is 3.06. The van der Waals surface area contributed by atoms with Gasteiger partial charge in [0.2, 0.25) is 0 Å². The SMILES string of the molecule is Cc1ccc2nc(C(=O)NC(C)c3ccc(-n4cncn4)cc3)cn2c1. The van der Waals surface area contributed by atoms with Crippen molar-refractivity contribution in [2.75, 3.05) is 0 Å². The second-order valence-corrected chi connectivity index (χ2v) is 6.22. The highest BCUT2D eigenvalue weighted by Gasteiger charge is 2.15. The molecule has 0 saturated carbocycles. The molecule has 1 unspecified atom stereocenters. The Morgan fingerprint density at radius 2 is 1.92 bits per heavy atom. The van der Waals surface area contributed by atoms with E-state index in [1.165, 1.54) is 6.33 Å². The minimum Gasteiger partial charge on any atom is -0.344 e. The van der Waals surface area contributed by atoms with Crippen molar-refractivity contribution in [3.63, 3.8) is 0 Å². The Labute approximate surface area is 150 Å². The van der Waals surface area contributed by atoms with Crippen molar-refractivity contribution in [3.05, 3.63) is 78.3 Å². The highest BCUT2D eigenvalue weighted by molar-refractivity contribution is 5.93. The Hall–Kier alpha value is -3.48. The van der Waals surface area contributed by atoms with Crippen LogP contribution >= 0.6 is 0 Å². The van der Waals surface area contributed by atoms with E-state index in [-0.39, 0.29) is 11.9 Å². The molecule has 26 heavy (non-hydrogen) atoms. The van der Waals surface area contributed by atoms with Gasteiger partial charge in [-0.25, -0.2) is 14.6 Å². The average molecular weight is 346 g/mol. The summed E-state index contributed by atoms with van der Waals surface area (Å²) < 4.78 is 3.55. The van der Waals surface area contributed by atoms with Crippen molar-refractivity contribution in [1.82, 2.24) is 29.5 Å². The minimum absolute atomic E-state index is 0.140. The maximum absolute atomic E-state index is 12.5. The standard InChI is InChI=1S/C19H18N6O/c1-13-3-8-18-23-17(10-24(18)9-13)19(26)22-14(2)15-4-6-16(7-5-15)25-12-20-11-21-25/h3-12,14H,1-2H3,(H,22,26). The molecule has 130 valence electrons. The number of benzene rings is 1. The van der Waals surface area contributed by atoms with E-state index in [2.05, 4.69) is 20.4 Å².